The number of ether oxygens (including phenoxy) is 1. The van der Waals surface area contributed by atoms with E-state index in [1.165, 1.54) is 19.3 Å². The smallest absolute Gasteiger partial charge is 0.312 e. The number of carbonyl (C=O) groups excluding carboxylic acids is 1. The highest BCUT2D eigenvalue weighted by Crippen LogP contribution is 2.43. The zero-order valence-electron chi connectivity index (χ0n) is 13.8. The third kappa shape index (κ3) is 3.66. The first-order chi connectivity index (χ1) is 9.84. The summed E-state index contributed by atoms with van der Waals surface area (Å²) >= 11 is 0. The molecule has 0 aliphatic heterocycles. The maximum absolute atomic E-state index is 12.5. The van der Waals surface area contributed by atoms with Gasteiger partial charge in [0.15, 0.2) is 0 Å². The first-order valence-electron chi connectivity index (χ1n) is 8.13. The van der Waals surface area contributed by atoms with Gasteiger partial charge in [-0.2, -0.15) is 0 Å². The minimum absolute atomic E-state index is 0.112. The average Bonchev–Trinajstić information content (AvgIpc) is 2.48. The Morgan fingerprint density at radius 3 is 2.10 bits per heavy atom. The number of carbonyl (C=O) groups is 1. The first kappa shape index (κ1) is 16.1. The van der Waals surface area contributed by atoms with Crippen molar-refractivity contribution in [1.82, 2.24) is 0 Å². The molecule has 0 bridgehead atoms. The summed E-state index contributed by atoms with van der Waals surface area (Å²) in [7, 11) is 0. The van der Waals surface area contributed by atoms with Gasteiger partial charge in [0.05, 0.1) is 5.41 Å². The van der Waals surface area contributed by atoms with Gasteiger partial charge in [-0.1, -0.05) is 49.6 Å². The zero-order chi connectivity index (χ0) is 15.5. The summed E-state index contributed by atoms with van der Waals surface area (Å²) in [5.74, 6) is 0.305. The van der Waals surface area contributed by atoms with Crippen LogP contribution in [0.1, 0.15) is 65.4 Å². The van der Waals surface area contributed by atoms with E-state index < -0.39 is 11.0 Å². The van der Waals surface area contributed by atoms with Gasteiger partial charge in [-0.05, 0) is 46.1 Å². The lowest BCUT2D eigenvalue weighted by atomic mass is 9.74. The van der Waals surface area contributed by atoms with Crippen molar-refractivity contribution in [3.05, 3.63) is 35.9 Å². The van der Waals surface area contributed by atoms with E-state index in [1.807, 2.05) is 39.0 Å². The molecule has 0 saturated heterocycles. The highest BCUT2D eigenvalue weighted by atomic mass is 16.6. The van der Waals surface area contributed by atoms with E-state index in [4.69, 9.17) is 4.74 Å². The van der Waals surface area contributed by atoms with Gasteiger partial charge in [0, 0.05) is 5.92 Å². The van der Waals surface area contributed by atoms with Crippen molar-refractivity contribution in [3.63, 3.8) is 0 Å². The van der Waals surface area contributed by atoms with Gasteiger partial charge in [0.2, 0.25) is 0 Å². The fraction of sp³-hybridized carbons (Fsp3) is 0.632. The number of hydrogen-bond acceptors (Lipinski definition) is 2. The van der Waals surface area contributed by atoms with Crippen LogP contribution in [0.15, 0.2) is 30.3 Å². The molecule has 1 aromatic carbocycles. The quantitative estimate of drug-likeness (QED) is 0.726. The Hall–Kier alpha value is -1.31. The van der Waals surface area contributed by atoms with Gasteiger partial charge in [-0.3, -0.25) is 4.79 Å². The topological polar surface area (TPSA) is 26.3 Å². The average molecular weight is 288 g/mol. The molecule has 1 saturated carbocycles. The zero-order valence-corrected chi connectivity index (χ0v) is 13.8. The van der Waals surface area contributed by atoms with Crippen LogP contribution in [0.5, 0.6) is 0 Å². The van der Waals surface area contributed by atoms with Crippen molar-refractivity contribution in [3.8, 4) is 0 Å². The molecule has 1 aromatic rings. The maximum atomic E-state index is 12.5. The number of rotatable bonds is 3. The van der Waals surface area contributed by atoms with Gasteiger partial charge in [-0.15, -0.1) is 0 Å². The number of esters is 1. The minimum Gasteiger partial charge on any atom is -0.454 e. The van der Waals surface area contributed by atoms with Crippen LogP contribution in [-0.2, 0) is 15.1 Å². The van der Waals surface area contributed by atoms with E-state index in [2.05, 4.69) is 19.1 Å². The molecule has 1 aliphatic carbocycles. The lowest BCUT2D eigenvalue weighted by Gasteiger charge is -2.41. The van der Waals surface area contributed by atoms with E-state index in [1.54, 1.807) is 0 Å². The second kappa shape index (κ2) is 6.21. The molecular formula is C19H28O2. The maximum Gasteiger partial charge on any atom is 0.312 e. The van der Waals surface area contributed by atoms with Crippen molar-refractivity contribution >= 4 is 5.97 Å². The molecule has 2 rings (SSSR count). The highest BCUT2D eigenvalue weighted by molar-refractivity contribution is 5.76. The predicted molar refractivity (Wildman–Crippen MR) is 85.9 cm³/mol. The molecule has 21 heavy (non-hydrogen) atoms. The summed E-state index contributed by atoms with van der Waals surface area (Å²) in [6, 6.07) is 10.2. The standard InChI is InChI=1S/C19H28O2/c1-18(2,3)17(20)21-19(4,15-11-7-5-8-12-15)16-13-9-6-10-14-16/h5,7-8,11-12,16H,6,9-10,13-14H2,1-4H3. The predicted octanol–water partition coefficient (Wildman–Crippen LogP) is 5.07. The molecule has 0 heterocycles. The van der Waals surface area contributed by atoms with Crippen LogP contribution >= 0.6 is 0 Å². The summed E-state index contributed by atoms with van der Waals surface area (Å²) in [6.07, 6.45) is 6.06. The number of benzene rings is 1. The Labute approximate surface area is 128 Å². The molecule has 1 aliphatic rings. The second-order valence-electron chi connectivity index (χ2n) is 7.45. The molecule has 0 N–H and O–H groups in total. The Morgan fingerprint density at radius 2 is 1.57 bits per heavy atom. The van der Waals surface area contributed by atoms with Crippen LogP contribution in [0.3, 0.4) is 0 Å². The Morgan fingerprint density at radius 1 is 1.00 bits per heavy atom. The minimum atomic E-state index is -0.508. The Balaban J connectivity index is 2.32. The summed E-state index contributed by atoms with van der Waals surface area (Å²) in [5, 5.41) is 0. The van der Waals surface area contributed by atoms with Crippen LogP contribution < -0.4 is 0 Å². The Bertz CT molecular complexity index is 466. The van der Waals surface area contributed by atoms with E-state index in [0.717, 1.165) is 18.4 Å². The van der Waals surface area contributed by atoms with Crippen molar-refractivity contribution in [1.29, 1.82) is 0 Å². The summed E-state index contributed by atoms with van der Waals surface area (Å²) in [6.45, 7) is 7.85. The highest BCUT2D eigenvalue weighted by Gasteiger charge is 2.42. The van der Waals surface area contributed by atoms with Gasteiger partial charge in [0.25, 0.3) is 0 Å². The molecule has 116 valence electrons. The lowest BCUT2D eigenvalue weighted by molar-refractivity contribution is -0.177. The van der Waals surface area contributed by atoms with Crippen LogP contribution in [-0.4, -0.2) is 5.97 Å². The fourth-order valence-corrected chi connectivity index (χ4v) is 3.15. The molecule has 2 heteroatoms. The second-order valence-corrected chi connectivity index (χ2v) is 7.45. The lowest BCUT2D eigenvalue weighted by Crippen LogP contribution is -2.41. The summed E-state index contributed by atoms with van der Waals surface area (Å²) in [5.41, 5.74) is 0.144. The van der Waals surface area contributed by atoms with Crippen molar-refractivity contribution in [2.24, 2.45) is 11.3 Å². The Kier molecular flexibility index (Phi) is 4.75. The monoisotopic (exact) mass is 288 g/mol. The molecule has 1 unspecified atom stereocenters. The fourth-order valence-electron chi connectivity index (χ4n) is 3.15. The molecule has 0 spiro atoms. The summed E-state index contributed by atoms with van der Waals surface area (Å²) in [4.78, 5) is 12.5. The number of hydrogen-bond donors (Lipinski definition) is 0. The van der Waals surface area contributed by atoms with E-state index >= 15 is 0 Å². The van der Waals surface area contributed by atoms with Crippen LogP contribution in [0.4, 0.5) is 0 Å². The van der Waals surface area contributed by atoms with Crippen LogP contribution in [0, 0.1) is 11.3 Å². The van der Waals surface area contributed by atoms with E-state index in [9.17, 15) is 4.79 Å². The third-order valence-corrected chi connectivity index (χ3v) is 4.65. The SMILES string of the molecule is CC(C)(C)C(=O)OC(C)(c1ccccc1)C1CCCCC1. The largest absolute Gasteiger partial charge is 0.454 e. The van der Waals surface area contributed by atoms with Gasteiger partial charge >= 0.3 is 5.97 Å². The molecule has 0 aromatic heterocycles. The van der Waals surface area contributed by atoms with Crippen LogP contribution in [0.25, 0.3) is 0 Å². The molecule has 2 nitrogen and oxygen atoms in total. The van der Waals surface area contributed by atoms with Gasteiger partial charge < -0.3 is 4.74 Å². The normalized spacial score (nSPS) is 19.8. The van der Waals surface area contributed by atoms with Crippen molar-refractivity contribution < 1.29 is 9.53 Å². The molecular weight excluding hydrogens is 260 g/mol. The molecule has 1 atom stereocenters. The van der Waals surface area contributed by atoms with Gasteiger partial charge in [0.1, 0.15) is 5.60 Å². The van der Waals surface area contributed by atoms with Crippen molar-refractivity contribution in [2.75, 3.05) is 0 Å². The van der Waals surface area contributed by atoms with E-state index in [0.29, 0.717) is 5.92 Å². The van der Waals surface area contributed by atoms with Gasteiger partial charge in [-0.25, -0.2) is 0 Å². The molecule has 0 amide bonds. The van der Waals surface area contributed by atoms with Crippen LogP contribution in [0.2, 0.25) is 0 Å². The molecule has 1 fully saturated rings. The first-order valence-corrected chi connectivity index (χ1v) is 8.13. The van der Waals surface area contributed by atoms with E-state index in [-0.39, 0.29) is 5.97 Å². The van der Waals surface area contributed by atoms with Crippen molar-refractivity contribution in [2.45, 2.75) is 65.4 Å². The molecule has 0 radical (unpaired) electrons. The summed E-state index contributed by atoms with van der Waals surface area (Å²) < 4.78 is 6.09. The third-order valence-electron chi connectivity index (χ3n) is 4.65.